The van der Waals surface area contributed by atoms with Crippen LogP contribution in [0.3, 0.4) is 0 Å². The van der Waals surface area contributed by atoms with Gasteiger partial charge in [-0.05, 0) is 37.9 Å². The Balaban J connectivity index is 2.60. The highest BCUT2D eigenvalue weighted by molar-refractivity contribution is 5.33. The van der Waals surface area contributed by atoms with Crippen molar-refractivity contribution in [3.8, 4) is 5.75 Å². The maximum atomic E-state index is 9.09. The largest absolute Gasteiger partial charge is 0.496 e. The number of ether oxygens (including phenoxy) is 1. The normalized spacial score (nSPS) is 14.6. The van der Waals surface area contributed by atoms with Gasteiger partial charge in [-0.2, -0.15) is 0 Å². The Morgan fingerprint density at radius 1 is 1.28 bits per heavy atom. The van der Waals surface area contributed by atoms with Crippen molar-refractivity contribution in [2.24, 2.45) is 5.92 Å². The lowest BCUT2D eigenvalue weighted by Gasteiger charge is -2.27. The highest BCUT2D eigenvalue weighted by Crippen LogP contribution is 2.20. The van der Waals surface area contributed by atoms with E-state index < -0.39 is 0 Å². The molecule has 102 valence electrons. The van der Waals surface area contributed by atoms with Crippen LogP contribution in [0.5, 0.6) is 5.75 Å². The molecule has 0 aliphatic heterocycles. The van der Waals surface area contributed by atoms with Gasteiger partial charge in [0.25, 0.3) is 0 Å². The number of para-hydroxylation sites is 1. The summed E-state index contributed by atoms with van der Waals surface area (Å²) < 4.78 is 5.37. The minimum atomic E-state index is 0.242. The van der Waals surface area contributed by atoms with Gasteiger partial charge in [-0.3, -0.25) is 0 Å². The summed E-state index contributed by atoms with van der Waals surface area (Å²) in [5.74, 6) is 1.27. The van der Waals surface area contributed by atoms with Crippen LogP contribution in [-0.4, -0.2) is 43.4 Å². The van der Waals surface area contributed by atoms with E-state index in [0.717, 1.165) is 18.7 Å². The van der Waals surface area contributed by atoms with Crippen LogP contribution in [0.1, 0.15) is 19.4 Å². The van der Waals surface area contributed by atoms with Crippen molar-refractivity contribution in [1.29, 1.82) is 0 Å². The van der Waals surface area contributed by atoms with Crippen LogP contribution in [0.15, 0.2) is 24.3 Å². The van der Waals surface area contributed by atoms with Crippen LogP contribution in [0.4, 0.5) is 0 Å². The summed E-state index contributed by atoms with van der Waals surface area (Å²) in [6.07, 6.45) is 0.957. The van der Waals surface area contributed by atoms with Crippen molar-refractivity contribution in [2.75, 3.05) is 27.3 Å². The van der Waals surface area contributed by atoms with E-state index in [9.17, 15) is 0 Å². The first kappa shape index (κ1) is 15.0. The van der Waals surface area contributed by atoms with E-state index in [2.05, 4.69) is 31.9 Å². The summed E-state index contributed by atoms with van der Waals surface area (Å²) in [7, 11) is 3.81. The number of hydrogen-bond acceptors (Lipinski definition) is 3. The summed E-state index contributed by atoms with van der Waals surface area (Å²) in [6.45, 7) is 5.42. The molecule has 0 spiro atoms. The zero-order valence-electron chi connectivity index (χ0n) is 11.9. The molecule has 2 unspecified atom stereocenters. The number of hydrogen-bond donors (Lipinski definition) is 1. The van der Waals surface area contributed by atoms with Gasteiger partial charge in [0.15, 0.2) is 0 Å². The smallest absolute Gasteiger partial charge is 0.122 e. The van der Waals surface area contributed by atoms with Gasteiger partial charge in [0, 0.05) is 19.2 Å². The predicted molar refractivity (Wildman–Crippen MR) is 75.0 cm³/mol. The number of methoxy groups -OCH3 is 1. The molecule has 1 N–H and O–H groups in total. The molecule has 1 aromatic carbocycles. The molecule has 0 radical (unpaired) electrons. The van der Waals surface area contributed by atoms with E-state index in [1.807, 2.05) is 18.2 Å². The monoisotopic (exact) mass is 251 g/mol. The Labute approximate surface area is 110 Å². The topological polar surface area (TPSA) is 32.7 Å². The number of benzene rings is 1. The lowest BCUT2D eigenvalue weighted by atomic mass is 10.0. The quantitative estimate of drug-likeness (QED) is 0.806. The van der Waals surface area contributed by atoms with E-state index in [0.29, 0.717) is 12.0 Å². The molecule has 0 saturated heterocycles. The van der Waals surface area contributed by atoms with Crippen LogP contribution in [0, 0.1) is 5.92 Å². The first-order valence-electron chi connectivity index (χ1n) is 6.51. The van der Waals surface area contributed by atoms with Crippen LogP contribution in [-0.2, 0) is 6.42 Å². The third-order valence-corrected chi connectivity index (χ3v) is 3.37. The first-order valence-corrected chi connectivity index (χ1v) is 6.51. The maximum Gasteiger partial charge on any atom is 0.122 e. The molecular formula is C15H25NO2. The molecule has 0 amide bonds. The van der Waals surface area contributed by atoms with Gasteiger partial charge in [0.1, 0.15) is 5.75 Å². The highest BCUT2D eigenvalue weighted by atomic mass is 16.5. The second-order valence-corrected chi connectivity index (χ2v) is 5.09. The standard InChI is InChI=1S/C15H25NO2/c1-12(11-17)10-16(3)13(2)9-14-7-5-6-8-15(14)18-4/h5-8,12-13,17H,9-11H2,1-4H3. The Hall–Kier alpha value is -1.06. The van der Waals surface area contributed by atoms with E-state index in [4.69, 9.17) is 9.84 Å². The van der Waals surface area contributed by atoms with E-state index >= 15 is 0 Å². The van der Waals surface area contributed by atoms with Gasteiger partial charge in [-0.1, -0.05) is 25.1 Å². The van der Waals surface area contributed by atoms with Crippen molar-refractivity contribution in [3.05, 3.63) is 29.8 Å². The fourth-order valence-corrected chi connectivity index (χ4v) is 2.07. The zero-order chi connectivity index (χ0) is 13.5. The second kappa shape index (κ2) is 7.39. The molecule has 0 aliphatic rings. The van der Waals surface area contributed by atoms with Crippen LogP contribution < -0.4 is 4.74 Å². The maximum absolute atomic E-state index is 9.09. The molecule has 0 saturated carbocycles. The van der Waals surface area contributed by atoms with Gasteiger partial charge >= 0.3 is 0 Å². The average molecular weight is 251 g/mol. The van der Waals surface area contributed by atoms with Crippen molar-refractivity contribution in [1.82, 2.24) is 4.90 Å². The number of aliphatic hydroxyl groups is 1. The minimum absolute atomic E-state index is 0.242. The van der Waals surface area contributed by atoms with Crippen LogP contribution >= 0.6 is 0 Å². The second-order valence-electron chi connectivity index (χ2n) is 5.09. The molecular weight excluding hydrogens is 226 g/mol. The molecule has 2 atom stereocenters. The summed E-state index contributed by atoms with van der Waals surface area (Å²) in [5.41, 5.74) is 1.23. The molecule has 3 heteroatoms. The molecule has 0 bridgehead atoms. The van der Waals surface area contributed by atoms with E-state index in [1.165, 1.54) is 5.56 Å². The Morgan fingerprint density at radius 2 is 1.94 bits per heavy atom. The Kier molecular flexibility index (Phi) is 6.16. The minimum Gasteiger partial charge on any atom is -0.496 e. The van der Waals surface area contributed by atoms with Gasteiger partial charge in [0.2, 0.25) is 0 Å². The molecule has 0 aliphatic carbocycles. The molecule has 3 nitrogen and oxygen atoms in total. The number of nitrogens with zero attached hydrogens (tertiary/aromatic N) is 1. The number of rotatable bonds is 7. The van der Waals surface area contributed by atoms with Crippen molar-refractivity contribution in [3.63, 3.8) is 0 Å². The molecule has 0 heterocycles. The summed E-state index contributed by atoms with van der Waals surface area (Å²) in [4.78, 5) is 2.29. The fourth-order valence-electron chi connectivity index (χ4n) is 2.07. The molecule has 0 aromatic heterocycles. The Bertz CT molecular complexity index is 354. The molecule has 1 rings (SSSR count). The van der Waals surface area contributed by atoms with Crippen molar-refractivity contribution in [2.45, 2.75) is 26.3 Å². The Morgan fingerprint density at radius 3 is 2.56 bits per heavy atom. The lowest BCUT2D eigenvalue weighted by Crippen LogP contribution is -2.35. The fraction of sp³-hybridized carbons (Fsp3) is 0.600. The third-order valence-electron chi connectivity index (χ3n) is 3.37. The zero-order valence-corrected chi connectivity index (χ0v) is 11.9. The average Bonchev–Trinajstić information content (AvgIpc) is 2.39. The molecule has 1 aromatic rings. The van der Waals surface area contributed by atoms with E-state index in [-0.39, 0.29) is 6.61 Å². The van der Waals surface area contributed by atoms with Crippen molar-refractivity contribution >= 4 is 0 Å². The number of aliphatic hydroxyl groups excluding tert-OH is 1. The van der Waals surface area contributed by atoms with Crippen molar-refractivity contribution < 1.29 is 9.84 Å². The molecule has 0 fully saturated rings. The summed E-state index contributed by atoms with van der Waals surface area (Å²) >= 11 is 0. The third kappa shape index (κ3) is 4.31. The highest BCUT2D eigenvalue weighted by Gasteiger charge is 2.14. The van der Waals surface area contributed by atoms with Gasteiger partial charge < -0.3 is 14.7 Å². The van der Waals surface area contributed by atoms with Crippen LogP contribution in [0.2, 0.25) is 0 Å². The SMILES string of the molecule is COc1ccccc1CC(C)N(C)CC(C)CO. The van der Waals surface area contributed by atoms with Gasteiger partial charge in [0.05, 0.1) is 7.11 Å². The van der Waals surface area contributed by atoms with Gasteiger partial charge in [-0.15, -0.1) is 0 Å². The van der Waals surface area contributed by atoms with E-state index in [1.54, 1.807) is 7.11 Å². The first-order chi connectivity index (χ1) is 8.58. The summed E-state index contributed by atoms with van der Waals surface area (Å²) in [5, 5.41) is 9.09. The molecule has 18 heavy (non-hydrogen) atoms. The lowest BCUT2D eigenvalue weighted by molar-refractivity contribution is 0.166. The van der Waals surface area contributed by atoms with Gasteiger partial charge in [-0.25, -0.2) is 0 Å². The summed E-state index contributed by atoms with van der Waals surface area (Å²) in [6, 6.07) is 8.57. The predicted octanol–water partition coefficient (Wildman–Crippen LogP) is 2.19. The number of likely N-dealkylation sites (N-methyl/N-ethyl adjacent to an activating group) is 1. The van der Waals surface area contributed by atoms with Crippen LogP contribution in [0.25, 0.3) is 0 Å².